The summed E-state index contributed by atoms with van der Waals surface area (Å²) in [6.45, 7) is 0.446. The minimum atomic E-state index is -1.69. The van der Waals surface area contributed by atoms with Crippen LogP contribution in [0.1, 0.15) is 22.5 Å². The molecule has 31 heavy (non-hydrogen) atoms. The van der Waals surface area contributed by atoms with Crippen LogP contribution in [-0.2, 0) is 10.4 Å². The summed E-state index contributed by atoms with van der Waals surface area (Å²) in [6, 6.07) is 12.4. The summed E-state index contributed by atoms with van der Waals surface area (Å²) in [7, 11) is 1.64. The molecule has 1 aliphatic heterocycles. The van der Waals surface area contributed by atoms with Crippen molar-refractivity contribution in [1.82, 2.24) is 19.4 Å². The Hall–Kier alpha value is -3.98. The van der Waals surface area contributed by atoms with Gasteiger partial charge in [-0.05, 0) is 18.2 Å². The van der Waals surface area contributed by atoms with Gasteiger partial charge in [0.25, 0.3) is 11.8 Å². The molecular weight excluding hydrogens is 398 g/mol. The van der Waals surface area contributed by atoms with Crippen molar-refractivity contribution in [2.24, 2.45) is 5.73 Å². The molecule has 156 valence electrons. The number of aliphatic hydroxyl groups is 1. The molecule has 1 fully saturated rings. The van der Waals surface area contributed by atoms with Gasteiger partial charge in [0.15, 0.2) is 5.76 Å². The summed E-state index contributed by atoms with van der Waals surface area (Å²) in [5, 5.41) is 14.8. The van der Waals surface area contributed by atoms with E-state index in [1.807, 2.05) is 30.5 Å². The maximum absolute atomic E-state index is 12.3. The SMILES string of the molecule is CN1CC[C@@](O)(c2cc(-c3cccc(-c4cn5cccc(C(N)=O)c5n4)c3)no2)C1=O. The minimum Gasteiger partial charge on any atom is -0.373 e. The number of likely N-dealkylation sites (tertiary alicyclic amines) is 1. The average molecular weight is 417 g/mol. The Balaban J connectivity index is 1.52. The summed E-state index contributed by atoms with van der Waals surface area (Å²) >= 11 is 0. The smallest absolute Gasteiger partial charge is 0.262 e. The fourth-order valence-electron chi connectivity index (χ4n) is 3.87. The Morgan fingerprint density at radius 3 is 2.68 bits per heavy atom. The largest absolute Gasteiger partial charge is 0.373 e. The Morgan fingerprint density at radius 2 is 1.97 bits per heavy atom. The predicted molar refractivity (Wildman–Crippen MR) is 111 cm³/mol. The lowest BCUT2D eigenvalue weighted by Gasteiger charge is -2.16. The van der Waals surface area contributed by atoms with Crippen molar-refractivity contribution in [3.63, 3.8) is 0 Å². The predicted octanol–water partition coefficient (Wildman–Crippen LogP) is 1.80. The number of aromatic nitrogens is 3. The van der Waals surface area contributed by atoms with E-state index >= 15 is 0 Å². The second-order valence-corrected chi connectivity index (χ2v) is 7.64. The first-order chi connectivity index (χ1) is 14.9. The zero-order valence-electron chi connectivity index (χ0n) is 16.6. The van der Waals surface area contributed by atoms with E-state index in [9.17, 15) is 14.7 Å². The highest BCUT2D eigenvalue weighted by atomic mass is 16.5. The van der Waals surface area contributed by atoms with Crippen LogP contribution in [-0.4, -0.2) is 50.0 Å². The molecule has 1 aliphatic rings. The first-order valence-corrected chi connectivity index (χ1v) is 9.70. The maximum Gasteiger partial charge on any atom is 0.262 e. The van der Waals surface area contributed by atoms with E-state index in [2.05, 4.69) is 10.1 Å². The molecule has 0 spiro atoms. The molecule has 0 radical (unpaired) electrons. The zero-order chi connectivity index (χ0) is 21.8. The number of fused-ring (bicyclic) bond motifs is 1. The summed E-state index contributed by atoms with van der Waals surface area (Å²) in [5.41, 5.74) is 7.27. The van der Waals surface area contributed by atoms with Crippen LogP contribution in [0, 0.1) is 0 Å². The van der Waals surface area contributed by atoms with Gasteiger partial charge in [0.05, 0.1) is 11.3 Å². The molecule has 0 saturated carbocycles. The van der Waals surface area contributed by atoms with Gasteiger partial charge in [-0.25, -0.2) is 4.98 Å². The number of likely N-dealkylation sites (N-methyl/N-ethyl adjacent to an activating group) is 1. The number of amides is 2. The molecule has 3 N–H and O–H groups in total. The van der Waals surface area contributed by atoms with Crippen LogP contribution >= 0.6 is 0 Å². The van der Waals surface area contributed by atoms with Gasteiger partial charge >= 0.3 is 0 Å². The Morgan fingerprint density at radius 1 is 1.19 bits per heavy atom. The van der Waals surface area contributed by atoms with E-state index < -0.39 is 17.4 Å². The maximum atomic E-state index is 12.3. The molecule has 0 unspecified atom stereocenters. The van der Waals surface area contributed by atoms with Gasteiger partial charge in [0.2, 0.25) is 5.60 Å². The Labute approximate surface area is 176 Å². The standard InChI is InChI=1S/C22H19N5O4/c1-26-9-7-22(30,21(26)29)18-11-16(25-31-18)13-4-2-5-14(10-13)17-12-27-8-3-6-15(19(23)28)20(27)24-17/h2-6,8,10-12,30H,7,9H2,1H3,(H2,23,28)/t22-/m1/s1. The quantitative estimate of drug-likeness (QED) is 0.521. The van der Waals surface area contributed by atoms with Crippen molar-refractivity contribution in [3.05, 3.63) is 66.2 Å². The van der Waals surface area contributed by atoms with Gasteiger partial charge < -0.3 is 24.7 Å². The van der Waals surface area contributed by atoms with Crippen LogP contribution in [0.2, 0.25) is 0 Å². The van der Waals surface area contributed by atoms with Crippen molar-refractivity contribution >= 4 is 17.5 Å². The van der Waals surface area contributed by atoms with Gasteiger partial charge in [0, 0.05) is 49.6 Å². The Bertz CT molecular complexity index is 1340. The number of rotatable bonds is 4. The zero-order valence-corrected chi connectivity index (χ0v) is 16.6. The summed E-state index contributed by atoms with van der Waals surface area (Å²) in [5.74, 6) is -0.823. The molecule has 9 nitrogen and oxygen atoms in total. The number of nitrogens with two attached hydrogens (primary N) is 1. The van der Waals surface area contributed by atoms with E-state index in [1.54, 1.807) is 35.8 Å². The van der Waals surface area contributed by atoms with Crippen molar-refractivity contribution in [2.45, 2.75) is 12.0 Å². The molecule has 4 aromatic rings. The second kappa shape index (κ2) is 6.78. The lowest BCUT2D eigenvalue weighted by molar-refractivity contribution is -0.144. The van der Waals surface area contributed by atoms with Crippen molar-refractivity contribution < 1.29 is 19.2 Å². The van der Waals surface area contributed by atoms with Crippen molar-refractivity contribution in [2.75, 3.05) is 13.6 Å². The fraction of sp³-hybridized carbons (Fsp3) is 0.182. The van der Waals surface area contributed by atoms with Crippen LogP contribution in [0.25, 0.3) is 28.2 Å². The highest BCUT2D eigenvalue weighted by Crippen LogP contribution is 2.35. The Kier molecular flexibility index (Phi) is 4.16. The van der Waals surface area contributed by atoms with Crippen LogP contribution in [0.15, 0.2) is 59.4 Å². The van der Waals surface area contributed by atoms with Crippen LogP contribution in [0.4, 0.5) is 0 Å². The normalized spacial score (nSPS) is 18.8. The van der Waals surface area contributed by atoms with Gasteiger partial charge in [0.1, 0.15) is 11.3 Å². The van der Waals surface area contributed by atoms with Gasteiger partial charge in [-0.1, -0.05) is 23.4 Å². The summed E-state index contributed by atoms with van der Waals surface area (Å²) < 4.78 is 7.09. The van der Waals surface area contributed by atoms with E-state index in [0.29, 0.717) is 29.1 Å². The number of pyridine rings is 1. The average Bonchev–Trinajstić information content (AvgIpc) is 3.49. The van der Waals surface area contributed by atoms with Crippen molar-refractivity contribution in [1.29, 1.82) is 0 Å². The molecular formula is C22H19N5O4. The highest BCUT2D eigenvalue weighted by Gasteiger charge is 2.48. The van der Waals surface area contributed by atoms with E-state index in [4.69, 9.17) is 10.3 Å². The molecule has 1 saturated heterocycles. The molecule has 1 atom stereocenters. The van der Waals surface area contributed by atoms with E-state index in [0.717, 1.165) is 11.1 Å². The summed E-state index contributed by atoms with van der Waals surface area (Å²) in [4.78, 5) is 30.0. The third kappa shape index (κ3) is 2.98. The minimum absolute atomic E-state index is 0.126. The molecule has 5 rings (SSSR count). The first-order valence-electron chi connectivity index (χ1n) is 9.70. The van der Waals surface area contributed by atoms with E-state index in [1.165, 1.54) is 4.90 Å². The third-order valence-electron chi connectivity index (χ3n) is 5.63. The molecule has 9 heteroatoms. The highest BCUT2D eigenvalue weighted by molar-refractivity contribution is 5.99. The molecule has 3 aromatic heterocycles. The number of benzene rings is 1. The van der Waals surface area contributed by atoms with Gasteiger partial charge in [-0.3, -0.25) is 9.59 Å². The monoisotopic (exact) mass is 417 g/mol. The van der Waals surface area contributed by atoms with Crippen molar-refractivity contribution in [3.8, 4) is 22.5 Å². The number of hydrogen-bond acceptors (Lipinski definition) is 6. The lowest BCUT2D eigenvalue weighted by Crippen LogP contribution is -2.35. The van der Waals surface area contributed by atoms with Crippen LogP contribution in [0.5, 0.6) is 0 Å². The number of imidazole rings is 1. The number of nitrogens with zero attached hydrogens (tertiary/aromatic N) is 4. The lowest BCUT2D eigenvalue weighted by atomic mass is 9.98. The topological polar surface area (TPSA) is 127 Å². The number of primary amides is 1. The van der Waals surface area contributed by atoms with E-state index in [-0.39, 0.29) is 12.2 Å². The van der Waals surface area contributed by atoms with Gasteiger partial charge in [-0.15, -0.1) is 0 Å². The van der Waals surface area contributed by atoms with Crippen LogP contribution in [0.3, 0.4) is 0 Å². The number of carbonyl (C=O) groups excluding carboxylic acids is 2. The van der Waals surface area contributed by atoms with Crippen LogP contribution < -0.4 is 5.73 Å². The fourth-order valence-corrected chi connectivity index (χ4v) is 3.87. The van der Waals surface area contributed by atoms with Gasteiger partial charge in [-0.2, -0.15) is 0 Å². The molecule has 4 heterocycles. The molecule has 0 bridgehead atoms. The second-order valence-electron chi connectivity index (χ2n) is 7.64. The molecule has 0 aliphatic carbocycles. The molecule has 2 amide bonds. The number of carbonyl (C=O) groups is 2. The summed E-state index contributed by atoms with van der Waals surface area (Å²) in [6.07, 6.45) is 3.85. The first kappa shape index (κ1) is 19.0. The number of hydrogen-bond donors (Lipinski definition) is 2. The molecule has 1 aromatic carbocycles. The third-order valence-corrected chi connectivity index (χ3v) is 5.63.